The predicted molar refractivity (Wildman–Crippen MR) is 69.8 cm³/mol. The molecule has 1 unspecified atom stereocenters. The van der Waals surface area contributed by atoms with Crippen LogP contribution in [0.4, 0.5) is 0 Å². The van der Waals surface area contributed by atoms with Crippen LogP contribution in [-0.4, -0.2) is 24.0 Å². The second kappa shape index (κ2) is 6.22. The standard InChI is InChI=1S/C14H24N2O/c1-3-15-9-13-8-14(17-11-13)10-16-7-5-4-6-12(16)2/h8,11-12,15H,3-7,9-10H2,1-2H3. The topological polar surface area (TPSA) is 28.4 Å². The molecule has 2 heterocycles. The van der Waals surface area contributed by atoms with Gasteiger partial charge in [0.1, 0.15) is 5.76 Å². The normalized spacial score (nSPS) is 21.9. The van der Waals surface area contributed by atoms with Crippen LogP contribution in [0.1, 0.15) is 44.4 Å². The first-order valence-corrected chi connectivity index (χ1v) is 6.80. The SMILES string of the molecule is CCNCc1coc(CN2CCCCC2C)c1. The Balaban J connectivity index is 1.87. The van der Waals surface area contributed by atoms with E-state index in [1.165, 1.54) is 31.4 Å². The van der Waals surface area contributed by atoms with Crippen molar-refractivity contribution in [3.63, 3.8) is 0 Å². The van der Waals surface area contributed by atoms with Crippen molar-refractivity contribution in [2.24, 2.45) is 0 Å². The van der Waals surface area contributed by atoms with Crippen LogP contribution in [0.5, 0.6) is 0 Å². The van der Waals surface area contributed by atoms with Crippen LogP contribution in [0.2, 0.25) is 0 Å². The molecule has 1 fully saturated rings. The van der Waals surface area contributed by atoms with Crippen molar-refractivity contribution in [2.75, 3.05) is 13.1 Å². The van der Waals surface area contributed by atoms with E-state index in [0.29, 0.717) is 6.04 Å². The van der Waals surface area contributed by atoms with E-state index >= 15 is 0 Å². The number of furan rings is 1. The third-order valence-electron chi connectivity index (χ3n) is 3.59. The van der Waals surface area contributed by atoms with Crippen LogP contribution < -0.4 is 5.32 Å². The van der Waals surface area contributed by atoms with E-state index < -0.39 is 0 Å². The van der Waals surface area contributed by atoms with Gasteiger partial charge in [-0.05, 0) is 38.9 Å². The Hall–Kier alpha value is -0.800. The number of hydrogen-bond acceptors (Lipinski definition) is 3. The summed E-state index contributed by atoms with van der Waals surface area (Å²) in [6, 6.07) is 2.88. The van der Waals surface area contributed by atoms with Crippen molar-refractivity contribution >= 4 is 0 Å². The minimum absolute atomic E-state index is 0.700. The van der Waals surface area contributed by atoms with Gasteiger partial charge in [0.15, 0.2) is 0 Å². The first-order valence-electron chi connectivity index (χ1n) is 6.80. The summed E-state index contributed by atoms with van der Waals surface area (Å²) in [6.07, 6.45) is 5.91. The second-order valence-electron chi connectivity index (χ2n) is 5.02. The van der Waals surface area contributed by atoms with Gasteiger partial charge in [-0.2, -0.15) is 0 Å². The van der Waals surface area contributed by atoms with Gasteiger partial charge >= 0.3 is 0 Å². The first-order chi connectivity index (χ1) is 8.29. The summed E-state index contributed by atoms with van der Waals surface area (Å²) >= 11 is 0. The number of hydrogen-bond donors (Lipinski definition) is 1. The van der Waals surface area contributed by atoms with Crippen LogP contribution in [0, 0.1) is 0 Å². The van der Waals surface area contributed by atoms with Crippen molar-refractivity contribution in [1.82, 2.24) is 10.2 Å². The lowest BCUT2D eigenvalue weighted by Gasteiger charge is -2.32. The summed E-state index contributed by atoms with van der Waals surface area (Å²) in [5.74, 6) is 1.10. The molecule has 0 amide bonds. The monoisotopic (exact) mass is 236 g/mol. The smallest absolute Gasteiger partial charge is 0.118 e. The lowest BCUT2D eigenvalue weighted by molar-refractivity contribution is 0.142. The molecule has 3 nitrogen and oxygen atoms in total. The maximum Gasteiger partial charge on any atom is 0.118 e. The van der Waals surface area contributed by atoms with E-state index in [1.54, 1.807) is 0 Å². The molecule has 0 saturated carbocycles. The van der Waals surface area contributed by atoms with Crippen molar-refractivity contribution in [3.8, 4) is 0 Å². The molecule has 1 aliphatic heterocycles. The third-order valence-corrected chi connectivity index (χ3v) is 3.59. The van der Waals surface area contributed by atoms with E-state index in [0.717, 1.165) is 25.4 Å². The van der Waals surface area contributed by atoms with Gasteiger partial charge in [-0.3, -0.25) is 4.90 Å². The molecule has 1 aliphatic rings. The molecule has 1 N–H and O–H groups in total. The van der Waals surface area contributed by atoms with Gasteiger partial charge in [-0.15, -0.1) is 0 Å². The average molecular weight is 236 g/mol. The zero-order valence-corrected chi connectivity index (χ0v) is 11.0. The van der Waals surface area contributed by atoms with Gasteiger partial charge in [0, 0.05) is 18.2 Å². The summed E-state index contributed by atoms with van der Waals surface area (Å²) in [5, 5.41) is 3.32. The van der Waals surface area contributed by atoms with Crippen molar-refractivity contribution in [3.05, 3.63) is 23.7 Å². The Bertz CT molecular complexity index is 335. The minimum atomic E-state index is 0.700. The maximum atomic E-state index is 5.63. The third kappa shape index (κ3) is 3.58. The van der Waals surface area contributed by atoms with E-state index in [9.17, 15) is 0 Å². The van der Waals surface area contributed by atoms with Gasteiger partial charge in [0.2, 0.25) is 0 Å². The van der Waals surface area contributed by atoms with E-state index in [2.05, 4.69) is 30.1 Å². The molecule has 1 aromatic rings. The average Bonchev–Trinajstić information content (AvgIpc) is 2.77. The van der Waals surface area contributed by atoms with Gasteiger partial charge in [0.05, 0.1) is 12.8 Å². The Labute approximate surface area is 104 Å². The second-order valence-corrected chi connectivity index (χ2v) is 5.02. The highest BCUT2D eigenvalue weighted by molar-refractivity contribution is 5.12. The molecule has 0 bridgehead atoms. The summed E-state index contributed by atoms with van der Waals surface area (Å²) in [6.45, 7) is 8.54. The Morgan fingerprint density at radius 1 is 1.47 bits per heavy atom. The van der Waals surface area contributed by atoms with Gasteiger partial charge in [-0.1, -0.05) is 13.3 Å². The zero-order chi connectivity index (χ0) is 12.1. The fraction of sp³-hybridized carbons (Fsp3) is 0.714. The number of piperidine rings is 1. The fourth-order valence-electron chi connectivity index (χ4n) is 2.46. The molecular formula is C14H24N2O. The Morgan fingerprint density at radius 2 is 2.35 bits per heavy atom. The van der Waals surface area contributed by atoms with Gasteiger partial charge in [0.25, 0.3) is 0 Å². The highest BCUT2D eigenvalue weighted by atomic mass is 16.3. The highest BCUT2D eigenvalue weighted by Crippen LogP contribution is 2.20. The van der Waals surface area contributed by atoms with Crippen LogP contribution >= 0.6 is 0 Å². The van der Waals surface area contributed by atoms with Crippen molar-refractivity contribution in [1.29, 1.82) is 0 Å². The van der Waals surface area contributed by atoms with Gasteiger partial charge < -0.3 is 9.73 Å². The van der Waals surface area contributed by atoms with Gasteiger partial charge in [-0.25, -0.2) is 0 Å². The van der Waals surface area contributed by atoms with Crippen molar-refractivity contribution < 1.29 is 4.42 Å². The lowest BCUT2D eigenvalue weighted by atomic mass is 10.0. The first kappa shape index (κ1) is 12.7. The fourth-order valence-corrected chi connectivity index (χ4v) is 2.46. The predicted octanol–water partition coefficient (Wildman–Crippen LogP) is 2.76. The van der Waals surface area contributed by atoms with Crippen LogP contribution in [0.15, 0.2) is 16.7 Å². The molecule has 3 heteroatoms. The molecule has 0 aromatic carbocycles. The van der Waals surface area contributed by atoms with E-state index in [1.807, 2.05) is 6.26 Å². The summed E-state index contributed by atoms with van der Waals surface area (Å²) in [5.41, 5.74) is 1.26. The zero-order valence-electron chi connectivity index (χ0n) is 11.0. The largest absolute Gasteiger partial charge is 0.468 e. The number of nitrogens with zero attached hydrogens (tertiary/aromatic N) is 1. The number of nitrogens with one attached hydrogen (secondary N) is 1. The molecule has 0 aliphatic carbocycles. The Kier molecular flexibility index (Phi) is 4.63. The Morgan fingerprint density at radius 3 is 3.12 bits per heavy atom. The quantitative estimate of drug-likeness (QED) is 0.852. The van der Waals surface area contributed by atoms with Crippen LogP contribution in [0.25, 0.3) is 0 Å². The molecule has 17 heavy (non-hydrogen) atoms. The summed E-state index contributed by atoms with van der Waals surface area (Å²) in [4.78, 5) is 2.53. The molecule has 0 spiro atoms. The molecule has 1 saturated heterocycles. The summed E-state index contributed by atoms with van der Waals surface area (Å²) < 4.78 is 5.63. The van der Waals surface area contributed by atoms with E-state index in [4.69, 9.17) is 4.42 Å². The minimum Gasteiger partial charge on any atom is -0.468 e. The maximum absolute atomic E-state index is 5.63. The number of likely N-dealkylation sites (tertiary alicyclic amines) is 1. The van der Waals surface area contributed by atoms with Crippen LogP contribution in [-0.2, 0) is 13.1 Å². The number of rotatable bonds is 5. The molecule has 0 radical (unpaired) electrons. The summed E-state index contributed by atoms with van der Waals surface area (Å²) in [7, 11) is 0. The van der Waals surface area contributed by atoms with E-state index in [-0.39, 0.29) is 0 Å². The van der Waals surface area contributed by atoms with Crippen molar-refractivity contribution in [2.45, 2.75) is 52.2 Å². The molecular weight excluding hydrogens is 212 g/mol. The molecule has 1 aromatic heterocycles. The highest BCUT2D eigenvalue weighted by Gasteiger charge is 2.19. The molecule has 2 rings (SSSR count). The van der Waals surface area contributed by atoms with Crippen LogP contribution in [0.3, 0.4) is 0 Å². The molecule has 96 valence electrons. The molecule has 1 atom stereocenters. The lowest BCUT2D eigenvalue weighted by Crippen LogP contribution is -2.36.